The van der Waals surface area contributed by atoms with Gasteiger partial charge in [-0.3, -0.25) is 4.79 Å². The van der Waals surface area contributed by atoms with Gasteiger partial charge in [-0.1, -0.05) is 24.3 Å². The number of fused-ring (bicyclic) bond motifs is 1. The summed E-state index contributed by atoms with van der Waals surface area (Å²) in [6, 6.07) is 13.3. The molecule has 0 fully saturated rings. The molecule has 24 heavy (non-hydrogen) atoms. The highest BCUT2D eigenvalue weighted by atomic mass is 16.5. The van der Waals surface area contributed by atoms with Crippen molar-refractivity contribution < 1.29 is 19.0 Å². The van der Waals surface area contributed by atoms with E-state index >= 15 is 0 Å². The second kappa shape index (κ2) is 7.73. The van der Waals surface area contributed by atoms with Gasteiger partial charge in [0, 0.05) is 6.54 Å². The monoisotopic (exact) mass is 327 g/mol. The molecule has 0 saturated carbocycles. The molecule has 2 aromatic carbocycles. The van der Waals surface area contributed by atoms with Crippen LogP contribution in [0.5, 0.6) is 17.2 Å². The number of amides is 1. The molecular formula is C19H21NO4. The Morgan fingerprint density at radius 3 is 2.88 bits per heavy atom. The van der Waals surface area contributed by atoms with E-state index in [1.54, 1.807) is 19.2 Å². The van der Waals surface area contributed by atoms with Crippen molar-refractivity contribution in [1.82, 2.24) is 5.32 Å². The van der Waals surface area contributed by atoms with Gasteiger partial charge in [0.1, 0.15) is 5.75 Å². The molecule has 1 N–H and O–H groups in total. The van der Waals surface area contributed by atoms with Gasteiger partial charge >= 0.3 is 0 Å². The molecule has 0 aliphatic carbocycles. The Hall–Kier alpha value is -2.69. The van der Waals surface area contributed by atoms with E-state index < -0.39 is 0 Å². The molecule has 0 bridgehead atoms. The van der Waals surface area contributed by atoms with Crippen molar-refractivity contribution in [2.75, 3.05) is 20.3 Å². The lowest BCUT2D eigenvalue weighted by atomic mass is 10.0. The van der Waals surface area contributed by atoms with Gasteiger partial charge in [-0.25, -0.2) is 0 Å². The molecule has 126 valence electrons. The van der Waals surface area contributed by atoms with E-state index in [2.05, 4.69) is 11.4 Å². The minimum absolute atomic E-state index is 0.0472. The molecule has 0 radical (unpaired) electrons. The van der Waals surface area contributed by atoms with E-state index in [0.29, 0.717) is 18.0 Å². The van der Waals surface area contributed by atoms with Crippen LogP contribution in [0.2, 0.25) is 0 Å². The summed E-state index contributed by atoms with van der Waals surface area (Å²) in [6.07, 6.45) is 2.06. The third-order valence-electron chi connectivity index (χ3n) is 3.89. The number of carbonyl (C=O) groups excluding carboxylic acids is 1. The van der Waals surface area contributed by atoms with Crippen LogP contribution in [-0.4, -0.2) is 26.2 Å². The van der Waals surface area contributed by atoms with Crippen molar-refractivity contribution in [3.05, 3.63) is 53.6 Å². The van der Waals surface area contributed by atoms with Crippen molar-refractivity contribution in [2.45, 2.75) is 19.4 Å². The van der Waals surface area contributed by atoms with Crippen LogP contribution in [0.3, 0.4) is 0 Å². The predicted molar refractivity (Wildman–Crippen MR) is 90.6 cm³/mol. The Bertz CT molecular complexity index is 714. The van der Waals surface area contributed by atoms with Crippen LogP contribution in [0.15, 0.2) is 42.5 Å². The normalized spacial score (nSPS) is 12.7. The minimum Gasteiger partial charge on any atom is -0.493 e. The average Bonchev–Trinajstić information content (AvgIpc) is 2.64. The summed E-state index contributed by atoms with van der Waals surface area (Å²) in [5.41, 5.74) is 2.27. The fraction of sp³-hybridized carbons (Fsp3) is 0.316. The molecule has 5 nitrogen and oxygen atoms in total. The molecule has 1 aliphatic rings. The first kappa shape index (κ1) is 16.2. The number of nitrogens with one attached hydrogen (secondary N) is 1. The standard InChI is InChI=1S/C19H21NO4/c1-22-17-6-2-3-7-18(17)24-13-19(21)20-12-14-8-9-16-15(11-14)5-4-10-23-16/h2-3,6-9,11H,4-5,10,12-13H2,1H3,(H,20,21). The summed E-state index contributed by atoms with van der Waals surface area (Å²) < 4.78 is 16.3. The van der Waals surface area contributed by atoms with E-state index in [4.69, 9.17) is 14.2 Å². The van der Waals surface area contributed by atoms with E-state index in [9.17, 15) is 4.79 Å². The summed E-state index contributed by atoms with van der Waals surface area (Å²) in [6.45, 7) is 1.21. The molecule has 2 aromatic rings. The van der Waals surface area contributed by atoms with Gasteiger partial charge in [0.25, 0.3) is 5.91 Å². The third-order valence-corrected chi connectivity index (χ3v) is 3.89. The van der Waals surface area contributed by atoms with Crippen LogP contribution in [-0.2, 0) is 17.8 Å². The van der Waals surface area contributed by atoms with E-state index in [-0.39, 0.29) is 12.5 Å². The Balaban J connectivity index is 1.50. The fourth-order valence-corrected chi connectivity index (χ4v) is 2.66. The number of aryl methyl sites for hydroxylation is 1. The minimum atomic E-state index is -0.171. The second-order valence-electron chi connectivity index (χ2n) is 5.61. The summed E-state index contributed by atoms with van der Waals surface area (Å²) in [4.78, 5) is 12.0. The van der Waals surface area contributed by atoms with E-state index in [1.165, 1.54) is 5.56 Å². The summed E-state index contributed by atoms with van der Waals surface area (Å²) in [5.74, 6) is 1.95. The molecule has 0 saturated heterocycles. The van der Waals surface area contributed by atoms with Gasteiger partial charge in [0.05, 0.1) is 13.7 Å². The van der Waals surface area contributed by atoms with Crippen LogP contribution in [0, 0.1) is 0 Å². The van der Waals surface area contributed by atoms with Crippen molar-refractivity contribution in [3.8, 4) is 17.2 Å². The van der Waals surface area contributed by atoms with Crippen LogP contribution in [0.25, 0.3) is 0 Å². The highest BCUT2D eigenvalue weighted by Crippen LogP contribution is 2.26. The van der Waals surface area contributed by atoms with Gasteiger partial charge in [0.15, 0.2) is 18.1 Å². The Morgan fingerprint density at radius 1 is 1.21 bits per heavy atom. The van der Waals surface area contributed by atoms with E-state index in [1.807, 2.05) is 24.3 Å². The van der Waals surface area contributed by atoms with Gasteiger partial charge in [-0.2, -0.15) is 0 Å². The third kappa shape index (κ3) is 3.98. The number of ether oxygens (including phenoxy) is 3. The second-order valence-corrected chi connectivity index (χ2v) is 5.61. The Kier molecular flexibility index (Phi) is 5.21. The largest absolute Gasteiger partial charge is 0.493 e. The number of rotatable bonds is 6. The Morgan fingerprint density at radius 2 is 2.04 bits per heavy atom. The van der Waals surface area contributed by atoms with Gasteiger partial charge in [-0.15, -0.1) is 0 Å². The summed E-state index contributed by atoms with van der Waals surface area (Å²) >= 11 is 0. The first-order valence-electron chi connectivity index (χ1n) is 8.03. The molecule has 1 heterocycles. The summed E-state index contributed by atoms with van der Waals surface area (Å²) in [5, 5.41) is 2.87. The smallest absolute Gasteiger partial charge is 0.258 e. The zero-order chi connectivity index (χ0) is 16.8. The number of hydrogen-bond acceptors (Lipinski definition) is 4. The predicted octanol–water partition coefficient (Wildman–Crippen LogP) is 2.72. The van der Waals surface area contributed by atoms with Crippen molar-refractivity contribution >= 4 is 5.91 Å². The quantitative estimate of drug-likeness (QED) is 0.886. The van der Waals surface area contributed by atoms with Crippen LogP contribution < -0.4 is 19.5 Å². The maximum atomic E-state index is 12.0. The molecule has 0 aromatic heterocycles. The molecule has 0 unspecified atom stereocenters. The summed E-state index contributed by atoms with van der Waals surface area (Å²) in [7, 11) is 1.57. The zero-order valence-electron chi connectivity index (χ0n) is 13.7. The number of para-hydroxylation sites is 2. The first-order valence-corrected chi connectivity index (χ1v) is 8.03. The van der Waals surface area contributed by atoms with Crippen LogP contribution in [0.1, 0.15) is 17.5 Å². The fourth-order valence-electron chi connectivity index (χ4n) is 2.66. The zero-order valence-corrected chi connectivity index (χ0v) is 13.7. The van der Waals surface area contributed by atoms with Crippen molar-refractivity contribution in [3.63, 3.8) is 0 Å². The highest BCUT2D eigenvalue weighted by Gasteiger charge is 2.11. The number of carbonyl (C=O) groups is 1. The first-order chi connectivity index (χ1) is 11.8. The van der Waals surface area contributed by atoms with E-state index in [0.717, 1.165) is 30.8 Å². The van der Waals surface area contributed by atoms with Crippen molar-refractivity contribution in [1.29, 1.82) is 0 Å². The topological polar surface area (TPSA) is 56.8 Å². The lowest BCUT2D eigenvalue weighted by Gasteiger charge is -2.18. The van der Waals surface area contributed by atoms with Gasteiger partial charge < -0.3 is 19.5 Å². The van der Waals surface area contributed by atoms with Crippen LogP contribution in [0.4, 0.5) is 0 Å². The Labute approximate surface area is 141 Å². The highest BCUT2D eigenvalue weighted by molar-refractivity contribution is 5.77. The lowest BCUT2D eigenvalue weighted by molar-refractivity contribution is -0.123. The molecular weight excluding hydrogens is 306 g/mol. The van der Waals surface area contributed by atoms with Gasteiger partial charge in [0.2, 0.25) is 0 Å². The molecule has 3 rings (SSSR count). The SMILES string of the molecule is COc1ccccc1OCC(=O)NCc1ccc2c(c1)CCCO2. The lowest BCUT2D eigenvalue weighted by Crippen LogP contribution is -2.28. The maximum absolute atomic E-state index is 12.0. The molecule has 5 heteroatoms. The van der Waals surface area contributed by atoms with Crippen LogP contribution >= 0.6 is 0 Å². The average molecular weight is 327 g/mol. The number of methoxy groups -OCH3 is 1. The molecule has 1 aliphatic heterocycles. The molecule has 1 amide bonds. The maximum Gasteiger partial charge on any atom is 0.258 e. The number of benzene rings is 2. The molecule has 0 atom stereocenters. The van der Waals surface area contributed by atoms with Gasteiger partial charge in [-0.05, 0) is 42.2 Å². The molecule has 0 spiro atoms. The van der Waals surface area contributed by atoms with Crippen molar-refractivity contribution in [2.24, 2.45) is 0 Å². The number of hydrogen-bond donors (Lipinski definition) is 1.